The van der Waals surface area contributed by atoms with Gasteiger partial charge in [0.05, 0.1) is 24.6 Å². The number of hydrogen-bond donors (Lipinski definition) is 1. The van der Waals surface area contributed by atoms with Crippen molar-refractivity contribution >= 4 is 11.5 Å². The number of carbonyl (C=O) groups excluding carboxylic acids is 1. The second kappa shape index (κ2) is 8.67. The van der Waals surface area contributed by atoms with Crippen molar-refractivity contribution in [3.8, 4) is 0 Å². The van der Waals surface area contributed by atoms with E-state index in [4.69, 9.17) is 15.2 Å². The molecule has 29 heavy (non-hydrogen) atoms. The van der Waals surface area contributed by atoms with Crippen LogP contribution in [0.1, 0.15) is 31.4 Å². The molecule has 1 aromatic rings. The lowest BCUT2D eigenvalue weighted by molar-refractivity contribution is -0.146. The van der Waals surface area contributed by atoms with E-state index in [2.05, 4.69) is 0 Å². The molecule has 1 aromatic carbocycles. The van der Waals surface area contributed by atoms with Crippen LogP contribution < -0.4 is 5.73 Å². The second-order valence-corrected chi connectivity index (χ2v) is 6.97. The van der Waals surface area contributed by atoms with Crippen molar-refractivity contribution in [2.75, 3.05) is 13.7 Å². The van der Waals surface area contributed by atoms with Gasteiger partial charge in [-0.2, -0.15) is 13.2 Å². The zero-order valence-electron chi connectivity index (χ0n) is 16.8. The summed E-state index contributed by atoms with van der Waals surface area (Å²) in [7, 11) is 1.09. The fraction of sp³-hybridized carbons (Fsp3) is 0.476. The molecule has 4 nitrogen and oxygen atoms in total. The number of hydrogen-bond acceptors (Lipinski definition) is 4. The van der Waals surface area contributed by atoms with Crippen molar-refractivity contribution in [2.24, 2.45) is 11.7 Å². The van der Waals surface area contributed by atoms with Crippen molar-refractivity contribution in [3.05, 3.63) is 52.9 Å². The van der Waals surface area contributed by atoms with Gasteiger partial charge in [-0.25, -0.2) is 4.39 Å². The molecule has 3 atom stereocenters. The maximum Gasteiger partial charge on any atom is 0.419 e. The SMILES string of the molecule is CCOC(=O)CC(N)C1(OC)C(F)=C(C(F)(F)F)C=C(c2ccccc2C)C1C. The van der Waals surface area contributed by atoms with Crippen LogP contribution in [0.15, 0.2) is 41.7 Å². The van der Waals surface area contributed by atoms with E-state index in [1.807, 2.05) is 0 Å². The molecule has 0 heterocycles. The van der Waals surface area contributed by atoms with Crippen LogP contribution in [0.25, 0.3) is 5.57 Å². The number of aryl methyl sites for hydroxylation is 1. The maximum absolute atomic E-state index is 15.3. The van der Waals surface area contributed by atoms with Crippen LogP contribution in [-0.4, -0.2) is 37.5 Å². The summed E-state index contributed by atoms with van der Waals surface area (Å²) < 4.78 is 66.7. The van der Waals surface area contributed by atoms with Crippen molar-refractivity contribution < 1.29 is 31.8 Å². The first-order valence-corrected chi connectivity index (χ1v) is 9.22. The zero-order valence-corrected chi connectivity index (χ0v) is 16.8. The Bertz CT molecular complexity index is 831. The van der Waals surface area contributed by atoms with E-state index in [-0.39, 0.29) is 12.2 Å². The molecule has 160 valence electrons. The molecule has 3 unspecified atom stereocenters. The number of allylic oxidation sites excluding steroid dienone is 2. The Morgan fingerprint density at radius 1 is 1.31 bits per heavy atom. The van der Waals surface area contributed by atoms with Gasteiger partial charge < -0.3 is 15.2 Å². The molecular weight excluding hydrogens is 390 g/mol. The predicted octanol–water partition coefficient (Wildman–Crippen LogP) is 4.48. The Morgan fingerprint density at radius 2 is 1.93 bits per heavy atom. The topological polar surface area (TPSA) is 61.5 Å². The highest BCUT2D eigenvalue weighted by Gasteiger charge is 2.55. The summed E-state index contributed by atoms with van der Waals surface area (Å²) in [5, 5.41) is 0. The van der Waals surface area contributed by atoms with Crippen LogP contribution in [0, 0.1) is 12.8 Å². The molecule has 2 N–H and O–H groups in total. The first-order valence-electron chi connectivity index (χ1n) is 9.22. The molecule has 0 radical (unpaired) electrons. The molecular formula is C21H25F4NO3. The fourth-order valence-corrected chi connectivity index (χ4v) is 3.84. The Hall–Kier alpha value is -2.19. The van der Waals surface area contributed by atoms with E-state index < -0.39 is 47.5 Å². The fourth-order valence-electron chi connectivity index (χ4n) is 3.84. The lowest BCUT2D eigenvalue weighted by atomic mass is 9.69. The van der Waals surface area contributed by atoms with E-state index in [1.165, 1.54) is 0 Å². The molecule has 0 saturated carbocycles. The van der Waals surface area contributed by atoms with Gasteiger partial charge in [-0.3, -0.25) is 4.79 Å². The number of benzene rings is 1. The summed E-state index contributed by atoms with van der Waals surface area (Å²) in [5.41, 5.74) is 3.94. The first-order chi connectivity index (χ1) is 13.5. The molecule has 2 rings (SSSR count). The minimum absolute atomic E-state index is 0.0710. The molecule has 0 aromatic heterocycles. The van der Waals surface area contributed by atoms with Gasteiger partial charge in [-0.1, -0.05) is 31.2 Å². The molecule has 8 heteroatoms. The molecule has 1 aliphatic carbocycles. The lowest BCUT2D eigenvalue weighted by Gasteiger charge is -2.45. The summed E-state index contributed by atoms with van der Waals surface area (Å²) >= 11 is 0. The Kier molecular flexibility index (Phi) is 6.90. The predicted molar refractivity (Wildman–Crippen MR) is 101 cm³/mol. The van der Waals surface area contributed by atoms with Gasteiger partial charge in [-0.15, -0.1) is 0 Å². The average Bonchev–Trinajstić information content (AvgIpc) is 2.62. The van der Waals surface area contributed by atoms with Crippen molar-refractivity contribution in [1.29, 1.82) is 0 Å². The molecule has 0 spiro atoms. The van der Waals surface area contributed by atoms with Gasteiger partial charge in [0.1, 0.15) is 11.4 Å². The molecule has 0 aliphatic heterocycles. The lowest BCUT2D eigenvalue weighted by Crippen LogP contribution is -2.57. The third-order valence-corrected chi connectivity index (χ3v) is 5.33. The van der Waals surface area contributed by atoms with E-state index in [9.17, 15) is 18.0 Å². The van der Waals surface area contributed by atoms with Gasteiger partial charge in [0, 0.05) is 13.0 Å². The Balaban J connectivity index is 2.70. The summed E-state index contributed by atoms with van der Waals surface area (Å²) in [5.74, 6) is -3.17. The standard InChI is InChI=1S/C21H25F4NO3/c1-5-29-18(27)11-17(26)20(28-4)13(3)15(14-9-7-6-8-12(14)2)10-16(19(20)22)21(23,24)25/h6-10,13,17H,5,11,26H2,1-4H3. The quantitative estimate of drug-likeness (QED) is 0.550. The number of ether oxygens (including phenoxy) is 2. The third-order valence-electron chi connectivity index (χ3n) is 5.33. The highest BCUT2D eigenvalue weighted by Crippen LogP contribution is 2.50. The maximum atomic E-state index is 15.3. The summed E-state index contributed by atoms with van der Waals surface area (Å²) in [6.07, 6.45) is -4.66. The number of methoxy groups -OCH3 is 1. The van der Waals surface area contributed by atoms with Crippen LogP contribution in [-0.2, 0) is 14.3 Å². The first kappa shape index (κ1) is 23.1. The van der Waals surface area contributed by atoms with Gasteiger partial charge in [0.2, 0.25) is 0 Å². The van der Waals surface area contributed by atoms with Crippen molar-refractivity contribution in [2.45, 2.75) is 45.0 Å². The minimum atomic E-state index is -4.97. The largest absolute Gasteiger partial charge is 0.466 e. The average molecular weight is 415 g/mol. The van der Waals surface area contributed by atoms with E-state index in [0.29, 0.717) is 5.56 Å². The van der Waals surface area contributed by atoms with Crippen LogP contribution in [0.2, 0.25) is 0 Å². The van der Waals surface area contributed by atoms with Crippen LogP contribution >= 0.6 is 0 Å². The zero-order chi connectivity index (χ0) is 22.0. The second-order valence-electron chi connectivity index (χ2n) is 6.97. The third kappa shape index (κ3) is 4.23. The van der Waals surface area contributed by atoms with E-state index in [0.717, 1.165) is 18.7 Å². The van der Waals surface area contributed by atoms with Crippen LogP contribution in [0.4, 0.5) is 17.6 Å². The minimum Gasteiger partial charge on any atom is -0.466 e. The Morgan fingerprint density at radius 3 is 2.45 bits per heavy atom. The Labute approximate surface area is 167 Å². The molecule has 0 amide bonds. The highest BCUT2D eigenvalue weighted by atomic mass is 19.4. The number of carbonyl (C=O) groups is 1. The molecule has 1 aliphatic rings. The normalized spacial score (nSPS) is 23.6. The van der Waals surface area contributed by atoms with Crippen LogP contribution in [0.5, 0.6) is 0 Å². The van der Waals surface area contributed by atoms with Gasteiger partial charge in [-0.05, 0) is 36.6 Å². The molecule has 0 saturated heterocycles. The van der Waals surface area contributed by atoms with Crippen molar-refractivity contribution in [1.82, 2.24) is 0 Å². The van der Waals surface area contributed by atoms with Gasteiger partial charge in [0.25, 0.3) is 0 Å². The number of nitrogens with two attached hydrogens (primary N) is 1. The van der Waals surface area contributed by atoms with Crippen LogP contribution in [0.3, 0.4) is 0 Å². The number of halogens is 4. The number of alkyl halides is 3. The monoisotopic (exact) mass is 415 g/mol. The highest BCUT2D eigenvalue weighted by molar-refractivity contribution is 5.77. The smallest absolute Gasteiger partial charge is 0.419 e. The molecule has 0 bridgehead atoms. The molecule has 0 fully saturated rings. The summed E-state index contributed by atoms with van der Waals surface area (Å²) in [4.78, 5) is 11.9. The summed E-state index contributed by atoms with van der Waals surface area (Å²) in [6.45, 7) is 4.94. The van der Waals surface area contributed by atoms with Gasteiger partial charge in [0.15, 0.2) is 0 Å². The van der Waals surface area contributed by atoms with Crippen molar-refractivity contribution in [3.63, 3.8) is 0 Å². The van der Waals surface area contributed by atoms with Gasteiger partial charge >= 0.3 is 12.1 Å². The summed E-state index contributed by atoms with van der Waals surface area (Å²) in [6, 6.07) is 5.45. The number of rotatable bonds is 6. The number of esters is 1. The van der Waals surface area contributed by atoms with E-state index >= 15 is 4.39 Å². The van der Waals surface area contributed by atoms with E-state index in [1.54, 1.807) is 45.0 Å².